The average molecular weight is 346 g/mol. The molecular weight excluding hydrogens is 339 g/mol. The van der Waals surface area contributed by atoms with E-state index in [9.17, 15) is 13.2 Å². The maximum Gasteiger partial charge on any atom is 0.349 e. The Morgan fingerprint density at radius 2 is 2.29 bits per heavy atom. The maximum absolute atomic E-state index is 11.5. The standard InChI is InChI=1S/C7H7IO4S2/c1-12-7(9)6-5(2-3-13-6)14(10,11)4-8/h2-3H,4H2,1H3. The van der Waals surface area contributed by atoms with Crippen LogP contribution in [0.5, 0.6) is 0 Å². The molecule has 0 amide bonds. The van der Waals surface area contributed by atoms with Crippen LogP contribution in [-0.4, -0.2) is 25.3 Å². The summed E-state index contributed by atoms with van der Waals surface area (Å²) in [5.74, 6) is -0.608. The summed E-state index contributed by atoms with van der Waals surface area (Å²) in [5, 5.41) is 1.56. The van der Waals surface area contributed by atoms with E-state index in [-0.39, 0.29) is 13.5 Å². The largest absolute Gasteiger partial charge is 0.465 e. The van der Waals surface area contributed by atoms with E-state index in [1.807, 2.05) is 0 Å². The highest BCUT2D eigenvalue weighted by molar-refractivity contribution is 14.1. The van der Waals surface area contributed by atoms with Gasteiger partial charge in [0.25, 0.3) is 0 Å². The van der Waals surface area contributed by atoms with Crippen LogP contribution < -0.4 is 0 Å². The number of alkyl halides is 1. The van der Waals surface area contributed by atoms with E-state index in [0.717, 1.165) is 11.3 Å². The van der Waals surface area contributed by atoms with Crippen LogP contribution in [-0.2, 0) is 14.6 Å². The molecule has 0 aromatic carbocycles. The van der Waals surface area contributed by atoms with Crippen molar-refractivity contribution in [1.29, 1.82) is 0 Å². The van der Waals surface area contributed by atoms with Gasteiger partial charge in [-0.3, -0.25) is 0 Å². The van der Waals surface area contributed by atoms with Gasteiger partial charge in [-0.15, -0.1) is 11.3 Å². The number of sulfone groups is 1. The molecule has 0 bridgehead atoms. The second-order valence-corrected chi connectivity index (χ2v) is 7.00. The molecule has 1 heterocycles. The smallest absolute Gasteiger partial charge is 0.349 e. The first-order valence-electron chi connectivity index (χ1n) is 3.47. The minimum atomic E-state index is -3.34. The number of esters is 1. The molecule has 0 aliphatic rings. The number of thiophene rings is 1. The van der Waals surface area contributed by atoms with Crippen molar-refractivity contribution in [2.45, 2.75) is 4.90 Å². The molecular formula is C7H7IO4S2. The lowest BCUT2D eigenvalue weighted by Gasteiger charge is -2.00. The molecule has 0 spiro atoms. The Morgan fingerprint density at radius 1 is 1.64 bits per heavy atom. The Labute approximate surface area is 99.3 Å². The van der Waals surface area contributed by atoms with Crippen LogP contribution in [0.25, 0.3) is 0 Å². The molecule has 4 nitrogen and oxygen atoms in total. The van der Waals surface area contributed by atoms with Crippen LogP contribution in [0.2, 0.25) is 0 Å². The Kier molecular flexibility index (Phi) is 3.90. The normalized spacial score (nSPS) is 11.3. The number of hydrogen-bond acceptors (Lipinski definition) is 5. The highest BCUT2D eigenvalue weighted by Gasteiger charge is 2.23. The van der Waals surface area contributed by atoms with Crippen molar-refractivity contribution in [3.05, 3.63) is 16.3 Å². The summed E-state index contributed by atoms with van der Waals surface area (Å²) in [7, 11) is -2.12. The summed E-state index contributed by atoms with van der Waals surface area (Å²) in [6.07, 6.45) is 0. The summed E-state index contributed by atoms with van der Waals surface area (Å²) in [5.41, 5.74) is 0. The van der Waals surface area contributed by atoms with Crippen LogP contribution in [0.3, 0.4) is 0 Å². The van der Waals surface area contributed by atoms with E-state index in [0.29, 0.717) is 0 Å². The molecule has 1 aromatic heterocycles. The first-order chi connectivity index (χ1) is 6.53. The fourth-order valence-corrected chi connectivity index (χ4v) is 3.92. The van der Waals surface area contributed by atoms with Crippen LogP contribution >= 0.6 is 33.9 Å². The summed E-state index contributed by atoms with van der Waals surface area (Å²) in [6, 6.07) is 1.42. The number of ether oxygens (including phenoxy) is 1. The van der Waals surface area contributed by atoms with E-state index in [2.05, 4.69) is 4.74 Å². The van der Waals surface area contributed by atoms with Gasteiger partial charge >= 0.3 is 5.97 Å². The van der Waals surface area contributed by atoms with Crippen molar-refractivity contribution in [1.82, 2.24) is 0 Å². The topological polar surface area (TPSA) is 60.4 Å². The first-order valence-corrected chi connectivity index (χ1v) is 7.53. The van der Waals surface area contributed by atoms with Crippen LogP contribution in [0.1, 0.15) is 9.67 Å². The molecule has 0 aliphatic heterocycles. The first kappa shape index (κ1) is 11.9. The lowest BCUT2D eigenvalue weighted by molar-refractivity contribution is 0.0602. The van der Waals surface area contributed by atoms with Gasteiger partial charge in [0.1, 0.15) is 8.64 Å². The Balaban J connectivity index is 3.25. The number of carbonyl (C=O) groups is 1. The van der Waals surface area contributed by atoms with Gasteiger partial charge in [0.2, 0.25) is 0 Å². The van der Waals surface area contributed by atoms with Gasteiger partial charge in [0, 0.05) is 0 Å². The second-order valence-electron chi connectivity index (χ2n) is 2.33. The van der Waals surface area contributed by atoms with Gasteiger partial charge in [-0.2, -0.15) is 0 Å². The highest BCUT2D eigenvalue weighted by atomic mass is 127. The van der Waals surface area contributed by atoms with Gasteiger partial charge in [-0.25, -0.2) is 13.2 Å². The molecule has 1 rings (SSSR count). The number of hydrogen-bond donors (Lipinski definition) is 0. The second kappa shape index (κ2) is 4.58. The predicted molar refractivity (Wildman–Crippen MR) is 61.7 cm³/mol. The van der Waals surface area contributed by atoms with Crippen molar-refractivity contribution < 1.29 is 17.9 Å². The third-order valence-electron chi connectivity index (χ3n) is 1.48. The molecule has 0 saturated carbocycles. The van der Waals surface area contributed by atoms with Gasteiger partial charge in [-0.05, 0) is 11.4 Å². The van der Waals surface area contributed by atoms with Gasteiger partial charge in [-0.1, -0.05) is 22.6 Å². The van der Waals surface area contributed by atoms with Crippen LogP contribution in [0, 0.1) is 0 Å². The average Bonchev–Trinajstić information content (AvgIpc) is 2.65. The van der Waals surface area contributed by atoms with Gasteiger partial charge in [0.15, 0.2) is 9.84 Å². The van der Waals surface area contributed by atoms with Crippen molar-refractivity contribution >= 4 is 49.7 Å². The monoisotopic (exact) mass is 346 g/mol. The molecule has 1 aromatic rings. The number of halogens is 1. The SMILES string of the molecule is COC(=O)c1sccc1S(=O)(=O)CI. The summed E-state index contributed by atoms with van der Waals surface area (Å²) in [4.78, 5) is 11.4. The molecule has 0 unspecified atom stereocenters. The van der Waals surface area contributed by atoms with E-state index in [4.69, 9.17) is 0 Å². The lowest BCUT2D eigenvalue weighted by Crippen LogP contribution is -2.08. The van der Waals surface area contributed by atoms with Crippen LogP contribution in [0.4, 0.5) is 0 Å². The van der Waals surface area contributed by atoms with Gasteiger partial charge in [0.05, 0.1) is 12.0 Å². The quantitative estimate of drug-likeness (QED) is 0.475. The highest BCUT2D eigenvalue weighted by Crippen LogP contribution is 2.24. The Hall–Kier alpha value is -0.150. The zero-order valence-corrected chi connectivity index (χ0v) is 11.0. The molecule has 0 atom stereocenters. The van der Waals surface area contributed by atoms with Crippen LogP contribution in [0.15, 0.2) is 16.3 Å². The fourth-order valence-electron chi connectivity index (χ4n) is 0.843. The summed E-state index contributed by atoms with van der Waals surface area (Å²) < 4.78 is 27.4. The third-order valence-corrected chi connectivity index (χ3v) is 6.26. The van der Waals surface area contributed by atoms with Gasteiger partial charge < -0.3 is 4.74 Å². The molecule has 0 N–H and O–H groups in total. The lowest BCUT2D eigenvalue weighted by atomic mass is 10.5. The van der Waals surface area contributed by atoms with E-state index >= 15 is 0 Å². The van der Waals surface area contributed by atoms with E-state index in [1.54, 1.807) is 28.0 Å². The van der Waals surface area contributed by atoms with E-state index < -0.39 is 15.8 Å². The summed E-state index contributed by atoms with van der Waals surface area (Å²) >= 11 is 2.82. The van der Waals surface area contributed by atoms with Crippen molar-refractivity contribution in [2.75, 3.05) is 10.9 Å². The zero-order chi connectivity index (χ0) is 10.8. The molecule has 78 valence electrons. The zero-order valence-electron chi connectivity index (χ0n) is 7.19. The Morgan fingerprint density at radius 3 is 2.79 bits per heavy atom. The Bertz CT molecular complexity index is 434. The molecule has 14 heavy (non-hydrogen) atoms. The predicted octanol–water partition coefficient (Wildman–Crippen LogP) is 1.70. The van der Waals surface area contributed by atoms with Crippen molar-refractivity contribution in [3.63, 3.8) is 0 Å². The summed E-state index contributed by atoms with van der Waals surface area (Å²) in [6.45, 7) is 0. The minimum absolute atomic E-state index is 0.0501. The van der Waals surface area contributed by atoms with E-state index in [1.165, 1.54) is 13.2 Å². The van der Waals surface area contributed by atoms with Crippen molar-refractivity contribution in [2.24, 2.45) is 0 Å². The third kappa shape index (κ3) is 2.26. The molecule has 0 fully saturated rings. The minimum Gasteiger partial charge on any atom is -0.465 e. The number of methoxy groups -OCH3 is 1. The molecule has 0 radical (unpaired) electrons. The maximum atomic E-state index is 11.5. The number of rotatable bonds is 3. The molecule has 7 heteroatoms. The molecule has 0 aliphatic carbocycles. The molecule has 0 saturated heterocycles. The fraction of sp³-hybridized carbons (Fsp3) is 0.286. The van der Waals surface area contributed by atoms with Crippen molar-refractivity contribution in [3.8, 4) is 0 Å². The number of carbonyl (C=O) groups excluding carboxylic acids is 1.